The number of rotatable bonds is 6. The highest BCUT2D eigenvalue weighted by Gasteiger charge is 2.20. The van der Waals surface area contributed by atoms with E-state index in [-0.39, 0.29) is 5.91 Å². The molecule has 1 amide bonds. The van der Waals surface area contributed by atoms with E-state index in [2.05, 4.69) is 39.9 Å². The summed E-state index contributed by atoms with van der Waals surface area (Å²) in [5.41, 5.74) is 1.34. The van der Waals surface area contributed by atoms with Crippen molar-refractivity contribution in [3.05, 3.63) is 35.9 Å². The van der Waals surface area contributed by atoms with E-state index in [4.69, 9.17) is 0 Å². The van der Waals surface area contributed by atoms with Gasteiger partial charge in [-0.1, -0.05) is 42.1 Å². The predicted octanol–water partition coefficient (Wildman–Crippen LogP) is 1.82. The third-order valence-electron chi connectivity index (χ3n) is 3.04. The molecule has 108 valence electrons. The quantitative estimate of drug-likeness (QED) is 0.840. The number of hydrogen-bond acceptors (Lipinski definition) is 3. The first-order valence-electron chi connectivity index (χ1n) is 7.02. The van der Waals surface area contributed by atoms with Gasteiger partial charge in [0, 0.05) is 24.8 Å². The molecule has 20 heavy (non-hydrogen) atoms. The minimum atomic E-state index is 0.0701. The van der Waals surface area contributed by atoms with E-state index in [1.807, 2.05) is 13.0 Å². The number of hydrogen-bond donors (Lipinski definition) is 2. The Morgan fingerprint density at radius 3 is 3.00 bits per heavy atom. The van der Waals surface area contributed by atoms with Gasteiger partial charge in [-0.3, -0.25) is 9.79 Å². The van der Waals surface area contributed by atoms with Crippen LogP contribution in [0.15, 0.2) is 35.3 Å². The number of thioether (sulfide) groups is 1. The molecule has 1 unspecified atom stereocenters. The Labute approximate surface area is 124 Å². The van der Waals surface area contributed by atoms with Gasteiger partial charge in [0.25, 0.3) is 0 Å². The van der Waals surface area contributed by atoms with E-state index < -0.39 is 0 Å². The van der Waals surface area contributed by atoms with Crippen molar-refractivity contribution < 1.29 is 4.79 Å². The highest BCUT2D eigenvalue weighted by molar-refractivity contribution is 8.14. The molecule has 1 aliphatic heterocycles. The predicted molar refractivity (Wildman–Crippen MR) is 85.1 cm³/mol. The van der Waals surface area contributed by atoms with Crippen molar-refractivity contribution in [1.82, 2.24) is 10.6 Å². The summed E-state index contributed by atoms with van der Waals surface area (Å²) in [5.74, 6) is 1.11. The summed E-state index contributed by atoms with van der Waals surface area (Å²) in [6.45, 7) is 3.16. The van der Waals surface area contributed by atoms with Crippen molar-refractivity contribution in [3.63, 3.8) is 0 Å². The van der Waals surface area contributed by atoms with Crippen molar-refractivity contribution in [2.24, 2.45) is 4.99 Å². The third kappa shape index (κ3) is 4.89. The van der Waals surface area contributed by atoms with Crippen LogP contribution in [0.2, 0.25) is 0 Å². The van der Waals surface area contributed by atoms with E-state index in [0.717, 1.165) is 17.3 Å². The maximum absolute atomic E-state index is 11.3. The molecule has 5 heteroatoms. The fraction of sp³-hybridized carbons (Fsp3) is 0.467. The number of amides is 1. The van der Waals surface area contributed by atoms with Gasteiger partial charge in [-0.15, -0.1) is 0 Å². The zero-order chi connectivity index (χ0) is 14.2. The lowest BCUT2D eigenvalue weighted by Gasteiger charge is -2.09. The fourth-order valence-corrected chi connectivity index (χ4v) is 3.07. The Morgan fingerprint density at radius 2 is 2.25 bits per heavy atom. The minimum Gasteiger partial charge on any atom is -0.361 e. The second-order valence-corrected chi connectivity index (χ2v) is 5.74. The van der Waals surface area contributed by atoms with E-state index in [1.54, 1.807) is 11.8 Å². The first-order chi connectivity index (χ1) is 9.78. The first kappa shape index (κ1) is 14.9. The van der Waals surface area contributed by atoms with Crippen molar-refractivity contribution in [2.45, 2.75) is 25.8 Å². The van der Waals surface area contributed by atoms with Crippen LogP contribution >= 0.6 is 11.8 Å². The molecule has 1 atom stereocenters. The molecule has 1 fully saturated rings. The van der Waals surface area contributed by atoms with Crippen molar-refractivity contribution in [1.29, 1.82) is 0 Å². The largest absolute Gasteiger partial charge is 0.361 e. The van der Waals surface area contributed by atoms with Crippen LogP contribution in [0.3, 0.4) is 0 Å². The van der Waals surface area contributed by atoms with Crippen LogP contribution in [0.1, 0.15) is 18.9 Å². The second kappa shape index (κ2) is 7.94. The molecule has 0 radical (unpaired) electrons. The molecule has 0 spiro atoms. The van der Waals surface area contributed by atoms with E-state index >= 15 is 0 Å². The van der Waals surface area contributed by atoms with Crippen LogP contribution < -0.4 is 10.6 Å². The number of carbonyl (C=O) groups excluding carboxylic acids is 1. The summed E-state index contributed by atoms with van der Waals surface area (Å²) < 4.78 is 0. The fourth-order valence-electron chi connectivity index (χ4n) is 2.08. The molecule has 0 saturated carbocycles. The van der Waals surface area contributed by atoms with Crippen LogP contribution in [0, 0.1) is 0 Å². The van der Waals surface area contributed by atoms with Crippen molar-refractivity contribution >= 4 is 22.8 Å². The van der Waals surface area contributed by atoms with Gasteiger partial charge in [0.05, 0.1) is 6.54 Å². The summed E-state index contributed by atoms with van der Waals surface area (Å²) in [7, 11) is 0. The van der Waals surface area contributed by atoms with Crippen LogP contribution in [-0.4, -0.2) is 36.0 Å². The molecule has 1 aliphatic rings. The summed E-state index contributed by atoms with van der Waals surface area (Å²) in [4.78, 5) is 15.8. The molecule has 2 N–H and O–H groups in total. The highest BCUT2D eigenvalue weighted by Crippen LogP contribution is 2.17. The lowest BCUT2D eigenvalue weighted by atomic mass is 10.1. The van der Waals surface area contributed by atoms with E-state index in [9.17, 15) is 4.79 Å². The lowest BCUT2D eigenvalue weighted by Crippen LogP contribution is -2.29. The van der Waals surface area contributed by atoms with Gasteiger partial charge in [-0.25, -0.2) is 0 Å². The van der Waals surface area contributed by atoms with Crippen LogP contribution in [-0.2, 0) is 11.2 Å². The SMILES string of the molecule is CCNC(=O)CCN=C1NC(Cc2ccccc2)CS1. The second-order valence-electron chi connectivity index (χ2n) is 4.73. The normalized spacial score (nSPS) is 19.9. The molecule has 4 nitrogen and oxygen atoms in total. The summed E-state index contributed by atoms with van der Waals surface area (Å²) >= 11 is 1.74. The number of aliphatic imine (C=N–C) groups is 1. The zero-order valence-corrected chi connectivity index (χ0v) is 12.6. The number of benzene rings is 1. The molecule has 1 aromatic rings. The van der Waals surface area contributed by atoms with Crippen LogP contribution in [0.25, 0.3) is 0 Å². The molecule has 0 aliphatic carbocycles. The Hall–Kier alpha value is -1.49. The van der Waals surface area contributed by atoms with Crippen molar-refractivity contribution in [3.8, 4) is 0 Å². The van der Waals surface area contributed by atoms with Gasteiger partial charge in [0.15, 0.2) is 5.17 Å². The van der Waals surface area contributed by atoms with Gasteiger partial charge in [-0.05, 0) is 18.9 Å². The number of carbonyl (C=O) groups is 1. The first-order valence-corrected chi connectivity index (χ1v) is 8.01. The Balaban J connectivity index is 1.73. The summed E-state index contributed by atoms with van der Waals surface area (Å²) in [6.07, 6.45) is 1.48. The average Bonchev–Trinajstić information content (AvgIpc) is 2.88. The Morgan fingerprint density at radius 1 is 1.45 bits per heavy atom. The maximum Gasteiger partial charge on any atom is 0.221 e. The molecule has 0 aromatic heterocycles. The molecule has 1 aromatic carbocycles. The molecular weight excluding hydrogens is 270 g/mol. The van der Waals surface area contributed by atoms with Gasteiger partial charge in [-0.2, -0.15) is 0 Å². The average molecular weight is 291 g/mol. The smallest absolute Gasteiger partial charge is 0.221 e. The lowest BCUT2D eigenvalue weighted by molar-refractivity contribution is -0.120. The molecule has 0 bridgehead atoms. The molecular formula is C15H21N3OS. The minimum absolute atomic E-state index is 0.0701. The molecule has 1 saturated heterocycles. The van der Waals surface area contributed by atoms with Crippen LogP contribution in [0.4, 0.5) is 0 Å². The third-order valence-corrected chi connectivity index (χ3v) is 4.13. The van der Waals surface area contributed by atoms with E-state index in [0.29, 0.717) is 25.6 Å². The standard InChI is InChI=1S/C15H21N3OS/c1-2-16-14(19)8-9-17-15-18-13(11-20-15)10-12-6-4-3-5-7-12/h3-7,13H,2,8-11H2,1H3,(H,16,19)(H,17,18). The topological polar surface area (TPSA) is 53.5 Å². The molecule has 2 rings (SSSR count). The Kier molecular flexibility index (Phi) is 5.92. The monoisotopic (exact) mass is 291 g/mol. The maximum atomic E-state index is 11.3. The van der Waals surface area contributed by atoms with Gasteiger partial charge >= 0.3 is 0 Å². The summed E-state index contributed by atoms with van der Waals surface area (Å²) in [5, 5.41) is 7.17. The van der Waals surface area contributed by atoms with Gasteiger partial charge in [0.2, 0.25) is 5.91 Å². The Bertz CT molecular complexity index is 461. The highest BCUT2D eigenvalue weighted by atomic mass is 32.2. The van der Waals surface area contributed by atoms with Gasteiger partial charge in [0.1, 0.15) is 0 Å². The van der Waals surface area contributed by atoms with Gasteiger partial charge < -0.3 is 10.6 Å². The van der Waals surface area contributed by atoms with Crippen LogP contribution in [0.5, 0.6) is 0 Å². The zero-order valence-electron chi connectivity index (χ0n) is 11.8. The molecule has 1 heterocycles. The number of nitrogens with zero attached hydrogens (tertiary/aromatic N) is 1. The number of nitrogens with one attached hydrogen (secondary N) is 2. The summed E-state index contributed by atoms with van der Waals surface area (Å²) in [6, 6.07) is 10.9. The van der Waals surface area contributed by atoms with E-state index in [1.165, 1.54) is 5.56 Å². The van der Waals surface area contributed by atoms with Crippen molar-refractivity contribution in [2.75, 3.05) is 18.8 Å². The number of amidine groups is 1.